The number of benzene rings is 2. The standard InChI is InChI=1S/C26H27N5O4/c1-4-31(5-2)22-21(23(32)24(22)33)30-19(26(34)35)13-16-9-11-17(12-10-16)29-25-20-15(3)7-6-8-18(20)27-14-28-25/h6-12,14,19,30H,4-5,13H2,1-3H3,(H,34,35)(H,27,28,29)/t19-/m0/s1. The molecule has 9 heteroatoms. The van der Waals surface area contributed by atoms with E-state index in [1.807, 2.05) is 63.2 Å². The van der Waals surface area contributed by atoms with Crippen molar-refractivity contribution in [3.63, 3.8) is 0 Å². The molecule has 0 aliphatic rings. The molecule has 4 aromatic rings. The average Bonchev–Trinajstić information content (AvgIpc) is 2.86. The fourth-order valence-electron chi connectivity index (χ4n) is 4.20. The van der Waals surface area contributed by atoms with Crippen LogP contribution in [0.25, 0.3) is 10.9 Å². The van der Waals surface area contributed by atoms with Gasteiger partial charge in [-0.25, -0.2) is 14.8 Å². The number of carboxylic acids is 1. The summed E-state index contributed by atoms with van der Waals surface area (Å²) < 4.78 is 0. The molecule has 0 amide bonds. The number of nitrogens with one attached hydrogen (secondary N) is 2. The van der Waals surface area contributed by atoms with Crippen LogP contribution in [-0.2, 0) is 11.2 Å². The molecule has 0 saturated heterocycles. The lowest BCUT2D eigenvalue weighted by molar-refractivity contribution is -0.137. The summed E-state index contributed by atoms with van der Waals surface area (Å²) in [6.45, 7) is 6.84. The van der Waals surface area contributed by atoms with Crippen LogP contribution >= 0.6 is 0 Å². The third kappa shape index (κ3) is 4.70. The number of nitrogens with zero attached hydrogens (tertiary/aromatic N) is 3. The van der Waals surface area contributed by atoms with Gasteiger partial charge in [0.1, 0.15) is 29.6 Å². The van der Waals surface area contributed by atoms with Gasteiger partial charge in [0.25, 0.3) is 10.9 Å². The molecule has 0 radical (unpaired) electrons. The van der Waals surface area contributed by atoms with Gasteiger partial charge in [0.15, 0.2) is 0 Å². The Morgan fingerprint density at radius 3 is 2.40 bits per heavy atom. The van der Waals surface area contributed by atoms with Crippen molar-refractivity contribution in [1.82, 2.24) is 9.97 Å². The minimum atomic E-state index is -1.10. The van der Waals surface area contributed by atoms with Gasteiger partial charge in [0.05, 0.1) is 5.52 Å². The Bertz CT molecular complexity index is 1430. The first-order chi connectivity index (χ1) is 16.8. The Labute approximate surface area is 202 Å². The molecule has 0 fully saturated rings. The van der Waals surface area contributed by atoms with Gasteiger partial charge >= 0.3 is 5.97 Å². The predicted octanol–water partition coefficient (Wildman–Crippen LogP) is 3.23. The van der Waals surface area contributed by atoms with Gasteiger partial charge in [-0.2, -0.15) is 0 Å². The van der Waals surface area contributed by atoms with Crippen LogP contribution < -0.4 is 26.4 Å². The Kier molecular flexibility index (Phi) is 6.77. The lowest BCUT2D eigenvalue weighted by Gasteiger charge is -2.26. The lowest BCUT2D eigenvalue weighted by atomic mass is 10.0. The van der Waals surface area contributed by atoms with Gasteiger partial charge in [-0.3, -0.25) is 9.59 Å². The molecule has 180 valence electrons. The molecule has 1 heterocycles. The number of hydrogen-bond donors (Lipinski definition) is 3. The van der Waals surface area contributed by atoms with Crippen LogP contribution in [0.1, 0.15) is 25.0 Å². The highest BCUT2D eigenvalue weighted by molar-refractivity contribution is 5.93. The Balaban J connectivity index is 1.51. The van der Waals surface area contributed by atoms with E-state index < -0.39 is 22.9 Å². The summed E-state index contributed by atoms with van der Waals surface area (Å²) in [6.07, 6.45) is 1.65. The van der Waals surface area contributed by atoms with Crippen molar-refractivity contribution in [2.45, 2.75) is 33.2 Å². The highest BCUT2D eigenvalue weighted by Crippen LogP contribution is 2.26. The first-order valence-electron chi connectivity index (χ1n) is 11.5. The van der Waals surface area contributed by atoms with Crippen LogP contribution in [0.4, 0.5) is 22.9 Å². The van der Waals surface area contributed by atoms with Crippen LogP contribution in [0.2, 0.25) is 0 Å². The van der Waals surface area contributed by atoms with Gasteiger partial charge in [-0.1, -0.05) is 24.3 Å². The van der Waals surface area contributed by atoms with Crippen LogP contribution in [-0.4, -0.2) is 40.2 Å². The van der Waals surface area contributed by atoms with E-state index in [0.29, 0.717) is 18.9 Å². The van der Waals surface area contributed by atoms with Gasteiger partial charge in [0, 0.05) is 30.6 Å². The van der Waals surface area contributed by atoms with Gasteiger partial charge in [-0.15, -0.1) is 0 Å². The van der Waals surface area contributed by atoms with Crippen molar-refractivity contribution < 1.29 is 9.90 Å². The minimum Gasteiger partial charge on any atom is -0.480 e. The van der Waals surface area contributed by atoms with E-state index >= 15 is 0 Å². The fraction of sp³-hybridized carbons (Fsp3) is 0.269. The predicted molar refractivity (Wildman–Crippen MR) is 138 cm³/mol. The maximum Gasteiger partial charge on any atom is 0.326 e. The second-order valence-corrected chi connectivity index (χ2v) is 8.31. The molecule has 1 atom stereocenters. The van der Waals surface area contributed by atoms with Crippen molar-refractivity contribution in [2.24, 2.45) is 0 Å². The highest BCUT2D eigenvalue weighted by Gasteiger charge is 2.29. The van der Waals surface area contributed by atoms with Crippen molar-refractivity contribution >= 4 is 39.8 Å². The molecule has 0 spiro atoms. The Morgan fingerprint density at radius 1 is 1.03 bits per heavy atom. The fourth-order valence-corrected chi connectivity index (χ4v) is 4.20. The van der Waals surface area contributed by atoms with Gasteiger partial charge in [-0.05, 0) is 50.1 Å². The molecular formula is C26H27N5O4. The normalized spacial score (nSPS) is 12.0. The quantitative estimate of drug-likeness (QED) is 0.298. The van der Waals surface area contributed by atoms with E-state index in [2.05, 4.69) is 20.6 Å². The summed E-state index contributed by atoms with van der Waals surface area (Å²) in [5.41, 5.74) is 2.55. The molecule has 9 nitrogen and oxygen atoms in total. The molecule has 0 saturated carbocycles. The third-order valence-electron chi connectivity index (χ3n) is 6.11. The van der Waals surface area contributed by atoms with Crippen molar-refractivity contribution in [3.8, 4) is 0 Å². The molecule has 3 aromatic carbocycles. The number of aliphatic carboxylic acids is 1. The third-order valence-corrected chi connectivity index (χ3v) is 6.11. The number of aryl methyl sites for hydroxylation is 1. The molecule has 0 aliphatic carbocycles. The number of fused-ring (bicyclic) bond motifs is 1. The topological polar surface area (TPSA) is 125 Å². The Hall–Kier alpha value is -4.27. The summed E-state index contributed by atoms with van der Waals surface area (Å²) >= 11 is 0. The van der Waals surface area contributed by atoms with Crippen molar-refractivity contribution in [2.75, 3.05) is 28.6 Å². The molecule has 3 N–H and O–H groups in total. The summed E-state index contributed by atoms with van der Waals surface area (Å²) in [4.78, 5) is 46.6. The number of aromatic nitrogens is 2. The summed E-state index contributed by atoms with van der Waals surface area (Å²) in [5.74, 6) is -0.413. The molecule has 0 aliphatic heterocycles. The first-order valence-corrected chi connectivity index (χ1v) is 11.5. The number of hydrogen-bond acceptors (Lipinski definition) is 8. The summed E-state index contributed by atoms with van der Waals surface area (Å²) in [5, 5.41) is 16.8. The molecule has 35 heavy (non-hydrogen) atoms. The van der Waals surface area contributed by atoms with Crippen molar-refractivity contribution in [3.05, 3.63) is 80.4 Å². The number of carbonyl (C=O) groups is 1. The first kappa shape index (κ1) is 23.9. The van der Waals surface area contributed by atoms with Crippen LogP contribution in [0.3, 0.4) is 0 Å². The molecule has 0 bridgehead atoms. The largest absolute Gasteiger partial charge is 0.480 e. The van der Waals surface area contributed by atoms with E-state index in [1.54, 1.807) is 4.90 Å². The Morgan fingerprint density at radius 2 is 1.74 bits per heavy atom. The van der Waals surface area contributed by atoms with Crippen LogP contribution in [0.5, 0.6) is 0 Å². The number of rotatable bonds is 10. The maximum absolute atomic E-state index is 12.1. The molecule has 1 aromatic heterocycles. The summed E-state index contributed by atoms with van der Waals surface area (Å²) in [6, 6.07) is 12.2. The van der Waals surface area contributed by atoms with Gasteiger partial charge in [0.2, 0.25) is 0 Å². The average molecular weight is 474 g/mol. The zero-order valence-electron chi connectivity index (χ0n) is 19.8. The monoisotopic (exact) mass is 473 g/mol. The smallest absolute Gasteiger partial charge is 0.326 e. The van der Waals surface area contributed by atoms with E-state index in [1.165, 1.54) is 6.33 Å². The molecular weight excluding hydrogens is 446 g/mol. The van der Waals surface area contributed by atoms with E-state index in [4.69, 9.17) is 0 Å². The minimum absolute atomic E-state index is 0.0791. The number of anilines is 4. The second-order valence-electron chi connectivity index (χ2n) is 8.31. The zero-order chi connectivity index (χ0) is 25.1. The van der Waals surface area contributed by atoms with E-state index in [9.17, 15) is 19.5 Å². The molecule has 4 rings (SSSR count). The van der Waals surface area contributed by atoms with Crippen LogP contribution in [0.15, 0.2) is 58.4 Å². The van der Waals surface area contributed by atoms with E-state index in [-0.39, 0.29) is 17.8 Å². The number of carboxylic acid groups (broad SMARTS) is 1. The molecule has 0 unspecified atom stereocenters. The second kappa shape index (κ2) is 9.92. The van der Waals surface area contributed by atoms with E-state index in [0.717, 1.165) is 27.7 Å². The maximum atomic E-state index is 12.1. The SMILES string of the molecule is CCN(CC)c1c(N[C@@H](Cc2ccc(Nc3ncnc4cccc(C)c34)cc2)C(=O)O)c(=O)c1=O. The highest BCUT2D eigenvalue weighted by atomic mass is 16.4. The van der Waals surface area contributed by atoms with Crippen molar-refractivity contribution in [1.29, 1.82) is 0 Å². The van der Waals surface area contributed by atoms with Gasteiger partial charge < -0.3 is 20.6 Å². The lowest BCUT2D eigenvalue weighted by Crippen LogP contribution is -2.45. The summed E-state index contributed by atoms with van der Waals surface area (Å²) in [7, 11) is 0. The van der Waals surface area contributed by atoms with Crippen LogP contribution in [0, 0.1) is 6.92 Å². The zero-order valence-corrected chi connectivity index (χ0v) is 19.8.